The Morgan fingerprint density at radius 2 is 1.88 bits per heavy atom. The summed E-state index contributed by atoms with van der Waals surface area (Å²) in [5, 5.41) is 21.0. The molecule has 3 fully saturated rings. The van der Waals surface area contributed by atoms with Gasteiger partial charge in [0.15, 0.2) is 0 Å². The van der Waals surface area contributed by atoms with Crippen molar-refractivity contribution in [2.75, 3.05) is 0 Å². The van der Waals surface area contributed by atoms with Crippen LogP contribution in [0.2, 0.25) is 0 Å². The van der Waals surface area contributed by atoms with E-state index in [1.54, 1.807) is 0 Å². The van der Waals surface area contributed by atoms with Crippen molar-refractivity contribution in [2.24, 2.45) is 35.0 Å². The number of fused-ring (bicyclic) bond motifs is 3. The van der Waals surface area contributed by atoms with Gasteiger partial charge in [-0.1, -0.05) is 20.8 Å². The highest BCUT2D eigenvalue weighted by molar-refractivity contribution is 5.20. The van der Waals surface area contributed by atoms with Gasteiger partial charge >= 0.3 is 0 Å². The van der Waals surface area contributed by atoms with Gasteiger partial charge in [-0.2, -0.15) is 0 Å². The van der Waals surface area contributed by atoms with E-state index in [9.17, 15) is 10.2 Å². The predicted molar refractivity (Wildman–Crippen MR) is 67.4 cm³/mol. The molecule has 0 saturated heterocycles. The van der Waals surface area contributed by atoms with Gasteiger partial charge in [-0.15, -0.1) is 0 Å². The molecule has 2 heteroatoms. The van der Waals surface area contributed by atoms with Gasteiger partial charge in [-0.25, -0.2) is 0 Å². The van der Waals surface area contributed by atoms with Crippen LogP contribution in [0.25, 0.3) is 0 Å². The summed E-state index contributed by atoms with van der Waals surface area (Å²) in [5.41, 5.74) is -0.584. The molecule has 3 saturated carbocycles. The van der Waals surface area contributed by atoms with E-state index in [0.717, 1.165) is 37.0 Å². The molecule has 3 aliphatic rings. The van der Waals surface area contributed by atoms with E-state index < -0.39 is 5.60 Å². The molecule has 0 aromatic rings. The van der Waals surface area contributed by atoms with Crippen LogP contribution in [0.3, 0.4) is 0 Å². The zero-order chi connectivity index (χ0) is 12.6. The van der Waals surface area contributed by atoms with E-state index in [0.29, 0.717) is 11.8 Å². The minimum atomic E-state index is -0.558. The summed E-state index contributed by atoms with van der Waals surface area (Å²) in [4.78, 5) is 0. The highest BCUT2D eigenvalue weighted by Gasteiger charge is 2.72. The summed E-state index contributed by atoms with van der Waals surface area (Å²) in [7, 11) is 0. The van der Waals surface area contributed by atoms with Gasteiger partial charge in [0.1, 0.15) is 0 Å². The maximum atomic E-state index is 10.7. The first-order chi connectivity index (χ1) is 7.79. The lowest BCUT2D eigenvalue weighted by atomic mass is 9.58. The van der Waals surface area contributed by atoms with Crippen molar-refractivity contribution < 1.29 is 10.2 Å². The van der Waals surface area contributed by atoms with Crippen molar-refractivity contribution in [2.45, 2.75) is 58.7 Å². The molecule has 0 spiro atoms. The van der Waals surface area contributed by atoms with Crippen molar-refractivity contribution in [3.8, 4) is 0 Å². The van der Waals surface area contributed by atoms with Gasteiger partial charge in [-0.05, 0) is 61.2 Å². The van der Waals surface area contributed by atoms with Crippen LogP contribution in [0.5, 0.6) is 0 Å². The van der Waals surface area contributed by atoms with Gasteiger partial charge in [0.25, 0.3) is 0 Å². The van der Waals surface area contributed by atoms with Gasteiger partial charge in [0.2, 0.25) is 0 Å². The third kappa shape index (κ3) is 1.40. The van der Waals surface area contributed by atoms with Gasteiger partial charge in [0, 0.05) is 0 Å². The predicted octanol–water partition coefficient (Wildman–Crippen LogP) is 2.44. The molecule has 98 valence electrons. The highest BCUT2D eigenvalue weighted by Crippen LogP contribution is 2.73. The number of hydrogen-bond acceptors (Lipinski definition) is 2. The first-order valence-corrected chi connectivity index (χ1v) is 7.19. The Balaban J connectivity index is 1.92. The quantitative estimate of drug-likeness (QED) is 0.736. The summed E-state index contributed by atoms with van der Waals surface area (Å²) in [6.07, 6.45) is 2.46. The monoisotopic (exact) mass is 238 g/mol. The zero-order valence-corrected chi connectivity index (χ0v) is 11.5. The molecular formula is C15H26O2. The second-order valence-electron chi connectivity index (χ2n) is 7.66. The second-order valence-corrected chi connectivity index (χ2v) is 7.66. The topological polar surface area (TPSA) is 40.5 Å². The van der Waals surface area contributed by atoms with Crippen molar-refractivity contribution in [3.05, 3.63) is 0 Å². The Kier molecular flexibility index (Phi) is 2.30. The van der Waals surface area contributed by atoms with Crippen LogP contribution in [0.15, 0.2) is 0 Å². The summed E-state index contributed by atoms with van der Waals surface area (Å²) >= 11 is 0. The van der Waals surface area contributed by atoms with Crippen molar-refractivity contribution >= 4 is 0 Å². The first-order valence-electron chi connectivity index (χ1n) is 7.19. The third-order valence-electron chi connectivity index (χ3n) is 6.19. The Labute approximate surface area is 104 Å². The maximum absolute atomic E-state index is 10.7. The van der Waals surface area contributed by atoms with Crippen LogP contribution in [-0.4, -0.2) is 21.9 Å². The summed E-state index contributed by atoms with van der Waals surface area (Å²) in [5.74, 6) is 3.28. The molecule has 0 aliphatic heterocycles. The van der Waals surface area contributed by atoms with Crippen LogP contribution in [0.4, 0.5) is 0 Å². The first kappa shape index (κ1) is 12.0. The van der Waals surface area contributed by atoms with E-state index in [1.165, 1.54) is 0 Å². The fraction of sp³-hybridized carbons (Fsp3) is 1.00. The minimum absolute atomic E-state index is 0.0253. The van der Waals surface area contributed by atoms with Crippen LogP contribution in [-0.2, 0) is 0 Å². The van der Waals surface area contributed by atoms with E-state index in [4.69, 9.17) is 0 Å². The molecule has 3 rings (SSSR count). The lowest BCUT2D eigenvalue weighted by Crippen LogP contribution is -2.54. The molecule has 0 unspecified atom stereocenters. The molecule has 0 radical (unpaired) electrons. The van der Waals surface area contributed by atoms with Gasteiger partial charge in [0.05, 0.1) is 11.7 Å². The number of aliphatic hydroxyl groups is 2. The molecule has 2 nitrogen and oxygen atoms in total. The molecule has 0 aromatic carbocycles. The third-order valence-corrected chi connectivity index (χ3v) is 6.19. The molecule has 3 aliphatic carbocycles. The van der Waals surface area contributed by atoms with E-state index in [-0.39, 0.29) is 11.5 Å². The number of hydrogen-bond donors (Lipinski definition) is 2. The molecular weight excluding hydrogens is 212 g/mol. The zero-order valence-electron chi connectivity index (χ0n) is 11.5. The molecule has 0 heterocycles. The van der Waals surface area contributed by atoms with Gasteiger partial charge < -0.3 is 10.2 Å². The number of aliphatic hydroxyl groups excluding tert-OH is 1. The molecule has 0 aromatic heterocycles. The second kappa shape index (κ2) is 3.27. The summed E-state index contributed by atoms with van der Waals surface area (Å²) in [6.45, 7) is 8.81. The largest absolute Gasteiger partial charge is 0.393 e. The van der Waals surface area contributed by atoms with Crippen molar-refractivity contribution in [3.63, 3.8) is 0 Å². The lowest BCUT2D eigenvalue weighted by molar-refractivity contribution is -0.150. The van der Waals surface area contributed by atoms with E-state index in [2.05, 4.69) is 20.8 Å². The Hall–Kier alpha value is -0.0800. The average molecular weight is 238 g/mol. The van der Waals surface area contributed by atoms with Crippen LogP contribution < -0.4 is 0 Å². The van der Waals surface area contributed by atoms with Gasteiger partial charge in [-0.3, -0.25) is 0 Å². The number of rotatable bonds is 1. The average Bonchev–Trinajstić information content (AvgIpc) is 2.77. The van der Waals surface area contributed by atoms with Crippen LogP contribution in [0, 0.1) is 35.0 Å². The standard InChI is InChI=1S/C15H26O2/c1-8(2)11-9-7-14(3)10(16)5-6-15(4,17)13(14)12(9)11/h8-13,16-17H,5-7H2,1-4H3/t9-,10+,11+,12+,13+,14-,15-/m0/s1. The Morgan fingerprint density at radius 3 is 2.47 bits per heavy atom. The van der Waals surface area contributed by atoms with E-state index in [1.807, 2.05) is 6.92 Å². The summed E-state index contributed by atoms with van der Waals surface area (Å²) < 4.78 is 0. The van der Waals surface area contributed by atoms with Crippen molar-refractivity contribution in [1.82, 2.24) is 0 Å². The normalized spacial score (nSPS) is 61.2. The maximum Gasteiger partial charge on any atom is 0.0657 e. The SMILES string of the molecule is CC(C)[C@@H]1[C@@H]2C[C@@]3(C)[C@H](O)CC[C@](C)(O)[C@@H]3[C@H]21. The van der Waals surface area contributed by atoms with E-state index >= 15 is 0 Å². The van der Waals surface area contributed by atoms with Crippen LogP contribution >= 0.6 is 0 Å². The lowest BCUT2D eigenvalue weighted by Gasteiger charge is -2.51. The smallest absolute Gasteiger partial charge is 0.0657 e. The molecule has 0 bridgehead atoms. The fourth-order valence-electron chi connectivity index (χ4n) is 5.57. The molecule has 7 atom stereocenters. The molecule has 0 amide bonds. The summed E-state index contributed by atoms with van der Waals surface area (Å²) in [6, 6.07) is 0. The van der Waals surface area contributed by atoms with Crippen LogP contribution in [0.1, 0.15) is 47.0 Å². The minimum Gasteiger partial charge on any atom is -0.393 e. The highest BCUT2D eigenvalue weighted by atomic mass is 16.3. The Morgan fingerprint density at radius 1 is 1.24 bits per heavy atom. The molecule has 17 heavy (non-hydrogen) atoms. The molecule has 2 N–H and O–H groups in total. The Bertz CT molecular complexity index is 336. The fourth-order valence-corrected chi connectivity index (χ4v) is 5.57. The van der Waals surface area contributed by atoms with Crippen molar-refractivity contribution in [1.29, 1.82) is 0 Å².